The van der Waals surface area contributed by atoms with Crippen LogP contribution in [0.15, 0.2) is 22.8 Å². The molecule has 1 unspecified atom stereocenters. The Hall–Kier alpha value is -0.870. The smallest absolute Gasteiger partial charge is 0.135 e. The van der Waals surface area contributed by atoms with Crippen molar-refractivity contribution in [1.29, 1.82) is 0 Å². The van der Waals surface area contributed by atoms with E-state index in [0.717, 1.165) is 21.9 Å². The molecule has 2 N–H and O–H groups in total. The zero-order valence-corrected chi connectivity index (χ0v) is 10.5. The quantitative estimate of drug-likeness (QED) is 0.907. The van der Waals surface area contributed by atoms with E-state index in [4.69, 9.17) is 5.73 Å². The SMILES string of the molecule is CC(N)Cc1ccc2c(Br)nn(C)c2c1. The molecule has 2 aromatic rings. The summed E-state index contributed by atoms with van der Waals surface area (Å²) in [4.78, 5) is 0. The lowest BCUT2D eigenvalue weighted by Gasteiger charge is -2.05. The second-order valence-electron chi connectivity index (χ2n) is 3.95. The second-order valence-corrected chi connectivity index (χ2v) is 4.70. The van der Waals surface area contributed by atoms with E-state index < -0.39 is 0 Å². The summed E-state index contributed by atoms with van der Waals surface area (Å²) < 4.78 is 2.77. The highest BCUT2D eigenvalue weighted by Crippen LogP contribution is 2.23. The number of fused-ring (bicyclic) bond motifs is 1. The number of benzene rings is 1. The van der Waals surface area contributed by atoms with Gasteiger partial charge in [-0.15, -0.1) is 0 Å². The molecule has 0 amide bonds. The van der Waals surface area contributed by atoms with Gasteiger partial charge in [0.1, 0.15) is 4.60 Å². The van der Waals surface area contributed by atoms with Crippen LogP contribution in [0, 0.1) is 0 Å². The fraction of sp³-hybridized carbons (Fsp3) is 0.364. The van der Waals surface area contributed by atoms with E-state index in [9.17, 15) is 0 Å². The van der Waals surface area contributed by atoms with E-state index >= 15 is 0 Å². The predicted molar refractivity (Wildman–Crippen MR) is 65.8 cm³/mol. The van der Waals surface area contributed by atoms with Gasteiger partial charge in [-0.3, -0.25) is 4.68 Å². The highest BCUT2D eigenvalue weighted by molar-refractivity contribution is 9.10. The summed E-state index contributed by atoms with van der Waals surface area (Å²) in [6, 6.07) is 6.54. The van der Waals surface area contributed by atoms with Crippen molar-refractivity contribution in [1.82, 2.24) is 9.78 Å². The molecule has 0 aliphatic heterocycles. The first kappa shape index (κ1) is 10.6. The topological polar surface area (TPSA) is 43.8 Å². The number of nitrogens with zero attached hydrogens (tertiary/aromatic N) is 2. The summed E-state index contributed by atoms with van der Waals surface area (Å²) in [5.74, 6) is 0. The zero-order chi connectivity index (χ0) is 11.0. The van der Waals surface area contributed by atoms with Gasteiger partial charge in [-0.2, -0.15) is 5.10 Å². The Balaban J connectivity index is 2.50. The number of rotatable bonds is 2. The Kier molecular flexibility index (Phi) is 2.80. The van der Waals surface area contributed by atoms with E-state index in [1.54, 1.807) is 0 Å². The van der Waals surface area contributed by atoms with Crippen LogP contribution >= 0.6 is 15.9 Å². The minimum atomic E-state index is 0.194. The normalized spacial score (nSPS) is 13.3. The lowest BCUT2D eigenvalue weighted by atomic mass is 10.1. The molecule has 80 valence electrons. The fourth-order valence-electron chi connectivity index (χ4n) is 1.76. The van der Waals surface area contributed by atoms with Gasteiger partial charge in [0.25, 0.3) is 0 Å². The highest BCUT2D eigenvalue weighted by atomic mass is 79.9. The summed E-state index contributed by atoms with van der Waals surface area (Å²) in [6.07, 6.45) is 0.902. The van der Waals surface area contributed by atoms with Gasteiger partial charge >= 0.3 is 0 Å². The van der Waals surface area contributed by atoms with Crippen LogP contribution < -0.4 is 5.73 Å². The van der Waals surface area contributed by atoms with Crippen molar-refractivity contribution >= 4 is 26.8 Å². The van der Waals surface area contributed by atoms with Crippen molar-refractivity contribution in [2.75, 3.05) is 0 Å². The number of nitrogens with two attached hydrogens (primary N) is 1. The summed E-state index contributed by atoms with van der Waals surface area (Å²) >= 11 is 3.44. The molecule has 15 heavy (non-hydrogen) atoms. The van der Waals surface area contributed by atoms with Crippen LogP contribution in [0.5, 0.6) is 0 Å². The largest absolute Gasteiger partial charge is 0.328 e. The van der Waals surface area contributed by atoms with Crippen LogP contribution in [0.2, 0.25) is 0 Å². The van der Waals surface area contributed by atoms with Crippen molar-refractivity contribution in [3.05, 3.63) is 28.4 Å². The summed E-state index contributed by atoms with van der Waals surface area (Å²) in [6.45, 7) is 2.02. The molecule has 4 heteroatoms. The summed E-state index contributed by atoms with van der Waals surface area (Å²) in [5.41, 5.74) is 8.18. The molecule has 0 saturated carbocycles. The van der Waals surface area contributed by atoms with Gasteiger partial charge in [-0.05, 0) is 47.0 Å². The van der Waals surface area contributed by atoms with Crippen LogP contribution in [0.3, 0.4) is 0 Å². The second kappa shape index (κ2) is 3.94. The number of aryl methyl sites for hydroxylation is 1. The Bertz CT molecular complexity index is 488. The number of halogens is 1. The monoisotopic (exact) mass is 267 g/mol. The molecule has 2 rings (SSSR count). The maximum atomic E-state index is 5.78. The minimum Gasteiger partial charge on any atom is -0.328 e. The van der Waals surface area contributed by atoms with E-state index in [1.165, 1.54) is 5.56 Å². The Morgan fingerprint density at radius 1 is 1.53 bits per heavy atom. The lowest BCUT2D eigenvalue weighted by molar-refractivity contribution is 0.737. The molecular weight excluding hydrogens is 254 g/mol. The first-order chi connectivity index (χ1) is 7.08. The van der Waals surface area contributed by atoms with Crippen LogP contribution in [-0.2, 0) is 13.5 Å². The highest BCUT2D eigenvalue weighted by Gasteiger charge is 2.07. The molecule has 0 bridgehead atoms. The van der Waals surface area contributed by atoms with Gasteiger partial charge < -0.3 is 5.73 Å². The van der Waals surface area contributed by atoms with Crippen molar-refractivity contribution in [2.45, 2.75) is 19.4 Å². The molecular formula is C11H14BrN3. The van der Waals surface area contributed by atoms with Crippen LogP contribution in [0.4, 0.5) is 0 Å². The summed E-state index contributed by atoms with van der Waals surface area (Å²) in [7, 11) is 1.95. The van der Waals surface area contributed by atoms with E-state index in [-0.39, 0.29) is 6.04 Å². The standard InChI is InChI=1S/C11H14BrN3/c1-7(13)5-8-3-4-9-10(6-8)15(2)14-11(9)12/h3-4,6-7H,5,13H2,1-2H3. The van der Waals surface area contributed by atoms with Crippen molar-refractivity contribution in [3.63, 3.8) is 0 Å². The van der Waals surface area contributed by atoms with Gasteiger partial charge in [-0.25, -0.2) is 0 Å². The van der Waals surface area contributed by atoms with Crippen LogP contribution in [-0.4, -0.2) is 15.8 Å². The van der Waals surface area contributed by atoms with Gasteiger partial charge in [0, 0.05) is 18.5 Å². The predicted octanol–water partition coefficient (Wildman–Crippen LogP) is 2.23. The Labute approximate surface area is 97.4 Å². The molecule has 1 aromatic heterocycles. The van der Waals surface area contributed by atoms with Crippen molar-refractivity contribution < 1.29 is 0 Å². The average Bonchev–Trinajstić information content (AvgIpc) is 2.41. The molecule has 0 radical (unpaired) electrons. The number of hydrogen-bond acceptors (Lipinski definition) is 2. The third-order valence-electron chi connectivity index (χ3n) is 2.43. The lowest BCUT2D eigenvalue weighted by Crippen LogP contribution is -2.17. The molecule has 0 aliphatic carbocycles. The summed E-state index contributed by atoms with van der Waals surface area (Å²) in [5, 5.41) is 5.46. The number of aromatic nitrogens is 2. The van der Waals surface area contributed by atoms with E-state index in [1.807, 2.05) is 18.7 Å². The molecule has 0 spiro atoms. The number of hydrogen-bond donors (Lipinski definition) is 1. The first-order valence-corrected chi connectivity index (χ1v) is 5.74. The van der Waals surface area contributed by atoms with Gasteiger partial charge in [0.2, 0.25) is 0 Å². The average molecular weight is 268 g/mol. The van der Waals surface area contributed by atoms with E-state index in [0.29, 0.717) is 0 Å². The van der Waals surface area contributed by atoms with Gasteiger partial charge in [-0.1, -0.05) is 6.07 Å². The molecule has 1 heterocycles. The molecule has 0 saturated heterocycles. The maximum absolute atomic E-state index is 5.78. The molecule has 0 fully saturated rings. The van der Waals surface area contributed by atoms with Crippen LogP contribution in [0.1, 0.15) is 12.5 Å². The van der Waals surface area contributed by atoms with Gasteiger partial charge in [0.05, 0.1) is 5.52 Å². The van der Waals surface area contributed by atoms with Crippen molar-refractivity contribution in [2.24, 2.45) is 12.8 Å². The third kappa shape index (κ3) is 2.06. The van der Waals surface area contributed by atoms with Gasteiger partial charge in [0.15, 0.2) is 0 Å². The third-order valence-corrected chi connectivity index (χ3v) is 3.01. The molecule has 1 atom stereocenters. The molecule has 3 nitrogen and oxygen atoms in total. The van der Waals surface area contributed by atoms with Crippen molar-refractivity contribution in [3.8, 4) is 0 Å². The minimum absolute atomic E-state index is 0.194. The molecule has 0 aliphatic rings. The molecule has 1 aromatic carbocycles. The first-order valence-electron chi connectivity index (χ1n) is 4.94. The van der Waals surface area contributed by atoms with E-state index in [2.05, 4.69) is 39.2 Å². The zero-order valence-electron chi connectivity index (χ0n) is 8.87. The Morgan fingerprint density at radius 2 is 2.27 bits per heavy atom. The fourth-order valence-corrected chi connectivity index (χ4v) is 2.33. The maximum Gasteiger partial charge on any atom is 0.135 e. The Morgan fingerprint density at radius 3 is 2.93 bits per heavy atom. The van der Waals surface area contributed by atoms with Crippen LogP contribution in [0.25, 0.3) is 10.9 Å².